The highest BCUT2D eigenvalue weighted by molar-refractivity contribution is 6.02. The first kappa shape index (κ1) is 20.0. The van der Waals surface area contributed by atoms with Crippen LogP contribution < -0.4 is 10.6 Å². The van der Waals surface area contributed by atoms with Crippen molar-refractivity contribution in [3.8, 4) is 11.4 Å². The van der Waals surface area contributed by atoms with E-state index >= 15 is 0 Å². The average molecular weight is 420 g/mol. The highest BCUT2D eigenvalue weighted by Gasteiger charge is 2.12. The molecule has 0 saturated heterocycles. The normalized spacial score (nSPS) is 10.6. The van der Waals surface area contributed by atoms with E-state index in [0.717, 1.165) is 0 Å². The number of hydrogen-bond donors (Lipinski definition) is 2. The fourth-order valence-corrected chi connectivity index (χ4v) is 2.75. The molecule has 0 aliphatic carbocycles. The van der Waals surface area contributed by atoms with Crippen LogP contribution >= 0.6 is 0 Å². The van der Waals surface area contributed by atoms with Gasteiger partial charge in [0.25, 0.3) is 5.91 Å². The second-order valence-electron chi connectivity index (χ2n) is 6.58. The first-order valence-corrected chi connectivity index (χ1v) is 9.40. The summed E-state index contributed by atoms with van der Waals surface area (Å²) in [6, 6.07) is 15.6. The number of amides is 2. The maximum Gasteiger partial charge on any atom is 0.291 e. The van der Waals surface area contributed by atoms with Crippen molar-refractivity contribution in [1.82, 2.24) is 10.1 Å². The van der Waals surface area contributed by atoms with Crippen molar-refractivity contribution in [1.29, 1.82) is 0 Å². The van der Waals surface area contributed by atoms with Gasteiger partial charge in [-0.2, -0.15) is 4.98 Å². The second kappa shape index (κ2) is 9.04. The van der Waals surface area contributed by atoms with E-state index in [1.54, 1.807) is 48.5 Å². The third-order valence-corrected chi connectivity index (χ3v) is 4.31. The Labute approximate surface area is 176 Å². The molecule has 4 aromatic rings. The Morgan fingerprint density at radius 1 is 0.935 bits per heavy atom. The van der Waals surface area contributed by atoms with Gasteiger partial charge in [0.05, 0.1) is 6.26 Å². The number of aryl methyl sites for hydroxylation is 1. The Bertz CT molecular complexity index is 1170. The molecule has 31 heavy (non-hydrogen) atoms. The topological polar surface area (TPSA) is 110 Å². The summed E-state index contributed by atoms with van der Waals surface area (Å²) in [6.45, 7) is 0. The summed E-state index contributed by atoms with van der Waals surface area (Å²) in [4.78, 5) is 28.4. The summed E-state index contributed by atoms with van der Waals surface area (Å²) in [5, 5.41) is 9.31. The van der Waals surface area contributed by atoms with Gasteiger partial charge in [-0.3, -0.25) is 9.59 Å². The number of nitrogens with one attached hydrogen (secondary N) is 2. The largest absolute Gasteiger partial charge is 0.459 e. The standard InChI is InChI=1S/C22H17FN4O4/c23-15-5-3-14(4-6-15)21-26-20(31-27-21)12-11-19(28)24-16-7-9-17(10-8-16)25-22(29)18-2-1-13-30-18/h1-10,13H,11-12H2,(H,24,28)(H,25,29). The number of halogens is 1. The quantitative estimate of drug-likeness (QED) is 0.461. The Morgan fingerprint density at radius 3 is 2.32 bits per heavy atom. The van der Waals surface area contributed by atoms with E-state index in [1.807, 2.05) is 0 Å². The lowest BCUT2D eigenvalue weighted by atomic mass is 10.2. The van der Waals surface area contributed by atoms with Gasteiger partial charge in [0.2, 0.25) is 17.6 Å². The van der Waals surface area contributed by atoms with E-state index in [1.165, 1.54) is 18.4 Å². The Hall–Kier alpha value is -4.27. The molecule has 8 nitrogen and oxygen atoms in total. The van der Waals surface area contributed by atoms with Crippen molar-refractivity contribution in [2.24, 2.45) is 0 Å². The molecule has 0 aliphatic rings. The van der Waals surface area contributed by atoms with E-state index in [0.29, 0.717) is 28.7 Å². The van der Waals surface area contributed by atoms with E-state index in [2.05, 4.69) is 20.8 Å². The van der Waals surface area contributed by atoms with E-state index in [-0.39, 0.29) is 36.2 Å². The predicted octanol–water partition coefficient (Wildman–Crippen LogP) is 4.29. The molecule has 0 aliphatic heterocycles. The van der Waals surface area contributed by atoms with Crippen LogP contribution in [-0.2, 0) is 11.2 Å². The fourth-order valence-electron chi connectivity index (χ4n) is 2.75. The molecule has 4 rings (SSSR count). The van der Waals surface area contributed by atoms with Crippen LogP contribution in [0, 0.1) is 5.82 Å². The van der Waals surface area contributed by atoms with Gasteiger partial charge in [0, 0.05) is 29.8 Å². The van der Waals surface area contributed by atoms with E-state index in [9.17, 15) is 14.0 Å². The van der Waals surface area contributed by atoms with Gasteiger partial charge in [-0.15, -0.1) is 0 Å². The molecule has 0 saturated carbocycles. The number of carbonyl (C=O) groups is 2. The molecular formula is C22H17FN4O4. The number of rotatable bonds is 7. The third-order valence-electron chi connectivity index (χ3n) is 4.31. The van der Waals surface area contributed by atoms with Crippen LogP contribution in [0.2, 0.25) is 0 Å². The van der Waals surface area contributed by atoms with Gasteiger partial charge in [-0.1, -0.05) is 5.16 Å². The Kier molecular flexibility index (Phi) is 5.84. The number of anilines is 2. The zero-order valence-corrected chi connectivity index (χ0v) is 16.2. The molecule has 2 aromatic carbocycles. The van der Waals surface area contributed by atoms with Crippen LogP contribution in [0.25, 0.3) is 11.4 Å². The highest BCUT2D eigenvalue weighted by Crippen LogP contribution is 2.18. The summed E-state index contributed by atoms with van der Waals surface area (Å²) >= 11 is 0. The fraction of sp³-hybridized carbons (Fsp3) is 0.0909. The Morgan fingerprint density at radius 2 is 1.65 bits per heavy atom. The van der Waals surface area contributed by atoms with Crippen LogP contribution in [0.15, 0.2) is 75.9 Å². The van der Waals surface area contributed by atoms with E-state index in [4.69, 9.17) is 8.94 Å². The van der Waals surface area contributed by atoms with Gasteiger partial charge in [0.15, 0.2) is 5.76 Å². The number of hydrogen-bond acceptors (Lipinski definition) is 6. The summed E-state index contributed by atoms with van der Waals surface area (Å²) in [6.07, 6.45) is 1.82. The smallest absolute Gasteiger partial charge is 0.291 e. The predicted molar refractivity (Wildman–Crippen MR) is 110 cm³/mol. The summed E-state index contributed by atoms with van der Waals surface area (Å²) in [7, 11) is 0. The zero-order valence-electron chi connectivity index (χ0n) is 16.2. The lowest BCUT2D eigenvalue weighted by Crippen LogP contribution is -2.13. The summed E-state index contributed by atoms with van der Waals surface area (Å²) in [5.41, 5.74) is 1.78. The van der Waals surface area contributed by atoms with Crippen molar-refractivity contribution < 1.29 is 22.9 Å². The maximum atomic E-state index is 13.0. The molecule has 0 spiro atoms. The van der Waals surface area contributed by atoms with Gasteiger partial charge >= 0.3 is 0 Å². The summed E-state index contributed by atoms with van der Waals surface area (Å²) in [5.74, 6) is -0.0821. The number of nitrogens with zero attached hydrogens (tertiary/aromatic N) is 2. The minimum Gasteiger partial charge on any atom is -0.459 e. The number of aromatic nitrogens is 2. The minimum absolute atomic E-state index is 0.141. The van der Waals surface area contributed by atoms with Gasteiger partial charge in [-0.05, 0) is 60.7 Å². The third kappa shape index (κ3) is 5.21. The van der Waals surface area contributed by atoms with Crippen molar-refractivity contribution in [2.75, 3.05) is 10.6 Å². The van der Waals surface area contributed by atoms with E-state index < -0.39 is 0 Å². The molecule has 2 aromatic heterocycles. The van der Waals surface area contributed by atoms with Crippen LogP contribution in [0.5, 0.6) is 0 Å². The van der Waals surface area contributed by atoms with Crippen molar-refractivity contribution in [3.05, 3.63) is 84.4 Å². The summed E-state index contributed by atoms with van der Waals surface area (Å²) < 4.78 is 23.2. The average Bonchev–Trinajstić information content (AvgIpc) is 3.47. The zero-order chi connectivity index (χ0) is 21.6. The first-order valence-electron chi connectivity index (χ1n) is 9.40. The number of carbonyl (C=O) groups excluding carboxylic acids is 2. The van der Waals surface area contributed by atoms with Crippen LogP contribution in [0.3, 0.4) is 0 Å². The Balaban J connectivity index is 1.27. The number of benzene rings is 2. The van der Waals surface area contributed by atoms with Gasteiger partial charge < -0.3 is 19.6 Å². The molecule has 0 fully saturated rings. The molecule has 2 N–H and O–H groups in total. The molecule has 0 bridgehead atoms. The molecule has 2 heterocycles. The van der Waals surface area contributed by atoms with Gasteiger partial charge in [-0.25, -0.2) is 4.39 Å². The van der Waals surface area contributed by atoms with Crippen LogP contribution in [0.4, 0.5) is 15.8 Å². The monoisotopic (exact) mass is 420 g/mol. The SMILES string of the molecule is O=C(CCc1nc(-c2ccc(F)cc2)no1)Nc1ccc(NC(=O)c2ccco2)cc1. The minimum atomic E-state index is -0.360. The first-order chi connectivity index (χ1) is 15.1. The van der Waals surface area contributed by atoms with Crippen molar-refractivity contribution >= 4 is 23.2 Å². The van der Waals surface area contributed by atoms with Gasteiger partial charge in [0.1, 0.15) is 5.82 Å². The van der Waals surface area contributed by atoms with Crippen LogP contribution in [-0.4, -0.2) is 22.0 Å². The molecule has 9 heteroatoms. The molecule has 0 radical (unpaired) electrons. The molecule has 0 unspecified atom stereocenters. The lowest BCUT2D eigenvalue weighted by molar-refractivity contribution is -0.116. The molecule has 0 atom stereocenters. The second-order valence-corrected chi connectivity index (χ2v) is 6.58. The molecule has 2 amide bonds. The molecular weight excluding hydrogens is 403 g/mol. The van der Waals surface area contributed by atoms with Crippen molar-refractivity contribution in [2.45, 2.75) is 12.8 Å². The lowest BCUT2D eigenvalue weighted by Gasteiger charge is -2.07. The highest BCUT2D eigenvalue weighted by atomic mass is 19.1. The van der Waals surface area contributed by atoms with Crippen LogP contribution in [0.1, 0.15) is 22.9 Å². The maximum absolute atomic E-state index is 13.0. The van der Waals surface area contributed by atoms with Crippen molar-refractivity contribution in [3.63, 3.8) is 0 Å². The molecule has 156 valence electrons. The number of furan rings is 1.